The van der Waals surface area contributed by atoms with Crippen LogP contribution in [0.3, 0.4) is 0 Å². The van der Waals surface area contributed by atoms with Gasteiger partial charge in [-0.25, -0.2) is 13.1 Å². The Morgan fingerprint density at radius 2 is 2.15 bits per heavy atom. The summed E-state index contributed by atoms with van der Waals surface area (Å²) in [6, 6.07) is 8.11. The third-order valence-corrected chi connectivity index (χ3v) is 4.45. The number of aliphatic hydroxyl groups is 1. The van der Waals surface area contributed by atoms with Gasteiger partial charge in [-0.2, -0.15) is 5.10 Å². The number of sulfonamides is 1. The molecule has 0 amide bonds. The van der Waals surface area contributed by atoms with E-state index >= 15 is 0 Å². The fourth-order valence-electron chi connectivity index (χ4n) is 1.85. The number of hydrogen-bond donors (Lipinski definition) is 2. The topological polar surface area (TPSA) is 84.2 Å². The van der Waals surface area contributed by atoms with Crippen LogP contribution >= 0.6 is 0 Å². The van der Waals surface area contributed by atoms with Gasteiger partial charge >= 0.3 is 0 Å². The molecule has 0 aliphatic rings. The van der Waals surface area contributed by atoms with E-state index in [1.54, 1.807) is 23.0 Å². The SMILES string of the molecule is Cn1nccc1CCNS(=O)(=O)c1cccc(CO)c1. The predicted molar refractivity (Wildman–Crippen MR) is 74.5 cm³/mol. The van der Waals surface area contributed by atoms with Crippen LogP contribution in [0.15, 0.2) is 41.4 Å². The molecule has 0 saturated carbocycles. The van der Waals surface area contributed by atoms with Crippen molar-refractivity contribution in [2.24, 2.45) is 7.05 Å². The molecular weight excluding hydrogens is 278 g/mol. The highest BCUT2D eigenvalue weighted by molar-refractivity contribution is 7.89. The van der Waals surface area contributed by atoms with Crippen LogP contribution in [0, 0.1) is 0 Å². The molecule has 0 atom stereocenters. The molecule has 1 aromatic heterocycles. The maximum Gasteiger partial charge on any atom is 0.240 e. The molecule has 20 heavy (non-hydrogen) atoms. The molecule has 1 aromatic carbocycles. The number of nitrogens with zero attached hydrogens (tertiary/aromatic N) is 2. The summed E-state index contributed by atoms with van der Waals surface area (Å²) in [6.07, 6.45) is 2.24. The van der Waals surface area contributed by atoms with E-state index in [0.29, 0.717) is 18.5 Å². The van der Waals surface area contributed by atoms with Gasteiger partial charge in [0.2, 0.25) is 10.0 Å². The highest BCUT2D eigenvalue weighted by atomic mass is 32.2. The van der Waals surface area contributed by atoms with Gasteiger partial charge in [0, 0.05) is 31.9 Å². The fourth-order valence-corrected chi connectivity index (χ4v) is 2.96. The van der Waals surface area contributed by atoms with Crippen molar-refractivity contribution in [1.82, 2.24) is 14.5 Å². The summed E-state index contributed by atoms with van der Waals surface area (Å²) in [5.74, 6) is 0. The summed E-state index contributed by atoms with van der Waals surface area (Å²) in [4.78, 5) is 0.161. The zero-order valence-corrected chi connectivity index (χ0v) is 12.0. The Labute approximate surface area is 118 Å². The van der Waals surface area contributed by atoms with Crippen LogP contribution in [0.5, 0.6) is 0 Å². The molecule has 0 spiro atoms. The van der Waals surface area contributed by atoms with E-state index in [9.17, 15) is 8.42 Å². The Morgan fingerprint density at radius 3 is 2.80 bits per heavy atom. The van der Waals surface area contributed by atoms with E-state index in [4.69, 9.17) is 5.11 Å². The van der Waals surface area contributed by atoms with Crippen molar-refractivity contribution in [3.8, 4) is 0 Å². The van der Waals surface area contributed by atoms with Gasteiger partial charge in [-0.15, -0.1) is 0 Å². The molecule has 0 saturated heterocycles. The molecule has 0 unspecified atom stereocenters. The number of hydrogen-bond acceptors (Lipinski definition) is 4. The van der Waals surface area contributed by atoms with Crippen LogP contribution in [-0.4, -0.2) is 29.8 Å². The lowest BCUT2D eigenvalue weighted by molar-refractivity contribution is 0.281. The van der Waals surface area contributed by atoms with E-state index < -0.39 is 10.0 Å². The quantitative estimate of drug-likeness (QED) is 0.809. The van der Waals surface area contributed by atoms with Gasteiger partial charge in [-0.1, -0.05) is 12.1 Å². The zero-order valence-electron chi connectivity index (χ0n) is 11.2. The first kappa shape index (κ1) is 14.7. The Kier molecular flexibility index (Phi) is 4.53. The lowest BCUT2D eigenvalue weighted by atomic mass is 10.2. The summed E-state index contributed by atoms with van der Waals surface area (Å²) >= 11 is 0. The van der Waals surface area contributed by atoms with E-state index in [2.05, 4.69) is 9.82 Å². The first-order valence-electron chi connectivity index (χ1n) is 6.19. The second-order valence-corrected chi connectivity index (χ2v) is 6.17. The molecule has 0 aliphatic carbocycles. The molecule has 2 rings (SSSR count). The summed E-state index contributed by atoms with van der Waals surface area (Å²) in [7, 11) is -1.74. The number of aromatic nitrogens is 2. The lowest BCUT2D eigenvalue weighted by Gasteiger charge is -2.08. The Hall–Kier alpha value is -1.70. The van der Waals surface area contributed by atoms with E-state index in [1.807, 2.05) is 13.1 Å². The van der Waals surface area contributed by atoms with Crippen molar-refractivity contribution >= 4 is 10.0 Å². The van der Waals surface area contributed by atoms with Crippen LogP contribution in [0.1, 0.15) is 11.3 Å². The van der Waals surface area contributed by atoms with Gasteiger partial charge in [0.1, 0.15) is 0 Å². The Balaban J connectivity index is 2.02. The van der Waals surface area contributed by atoms with Crippen LogP contribution in [0.2, 0.25) is 0 Å². The molecule has 0 aliphatic heterocycles. The van der Waals surface area contributed by atoms with Crippen LogP contribution in [0.4, 0.5) is 0 Å². The van der Waals surface area contributed by atoms with Gasteiger partial charge in [-0.05, 0) is 23.8 Å². The molecule has 0 fully saturated rings. The standard InChI is InChI=1S/C13H17N3O3S/c1-16-12(5-7-14-16)6-8-15-20(18,19)13-4-2-3-11(9-13)10-17/h2-5,7,9,15,17H,6,8,10H2,1H3. The highest BCUT2D eigenvalue weighted by Crippen LogP contribution is 2.11. The van der Waals surface area contributed by atoms with E-state index in [-0.39, 0.29) is 11.5 Å². The van der Waals surface area contributed by atoms with Gasteiger partial charge < -0.3 is 5.11 Å². The van der Waals surface area contributed by atoms with Crippen molar-refractivity contribution in [1.29, 1.82) is 0 Å². The minimum Gasteiger partial charge on any atom is -0.392 e. The normalized spacial score (nSPS) is 11.7. The number of benzene rings is 1. The second kappa shape index (κ2) is 6.17. The molecule has 2 N–H and O–H groups in total. The average Bonchev–Trinajstić information content (AvgIpc) is 2.84. The number of nitrogens with one attached hydrogen (secondary N) is 1. The van der Waals surface area contributed by atoms with Crippen LogP contribution in [0.25, 0.3) is 0 Å². The minimum absolute atomic E-state index is 0.161. The Morgan fingerprint density at radius 1 is 1.35 bits per heavy atom. The van der Waals surface area contributed by atoms with E-state index in [1.165, 1.54) is 12.1 Å². The molecule has 108 valence electrons. The van der Waals surface area contributed by atoms with Crippen molar-refractivity contribution in [2.45, 2.75) is 17.9 Å². The molecule has 2 aromatic rings. The molecule has 0 radical (unpaired) electrons. The van der Waals surface area contributed by atoms with Crippen LogP contribution in [-0.2, 0) is 30.1 Å². The molecule has 1 heterocycles. The summed E-state index contributed by atoms with van der Waals surface area (Å²) in [6.45, 7) is 0.115. The molecule has 7 heteroatoms. The smallest absolute Gasteiger partial charge is 0.240 e. The summed E-state index contributed by atoms with van der Waals surface area (Å²) in [5.41, 5.74) is 1.52. The van der Waals surface area contributed by atoms with Gasteiger partial charge in [0.05, 0.1) is 11.5 Å². The number of aliphatic hydroxyl groups excluding tert-OH is 1. The Bertz CT molecular complexity index is 680. The monoisotopic (exact) mass is 295 g/mol. The third-order valence-electron chi connectivity index (χ3n) is 2.99. The minimum atomic E-state index is -3.55. The first-order valence-corrected chi connectivity index (χ1v) is 7.67. The maximum absolute atomic E-state index is 12.1. The van der Waals surface area contributed by atoms with Gasteiger partial charge in [0.25, 0.3) is 0 Å². The third kappa shape index (κ3) is 3.44. The summed E-state index contributed by atoms with van der Waals surface area (Å²) < 4.78 is 28.4. The van der Waals surface area contributed by atoms with Crippen molar-refractivity contribution in [2.75, 3.05) is 6.54 Å². The molecule has 6 nitrogen and oxygen atoms in total. The van der Waals surface area contributed by atoms with Crippen molar-refractivity contribution in [3.05, 3.63) is 47.8 Å². The number of aryl methyl sites for hydroxylation is 1. The highest BCUT2D eigenvalue weighted by Gasteiger charge is 2.13. The molecule has 0 bridgehead atoms. The zero-order chi connectivity index (χ0) is 14.6. The average molecular weight is 295 g/mol. The van der Waals surface area contributed by atoms with E-state index in [0.717, 1.165) is 5.69 Å². The largest absolute Gasteiger partial charge is 0.392 e. The number of rotatable bonds is 6. The summed E-state index contributed by atoms with van der Waals surface area (Å²) in [5, 5.41) is 13.1. The molecular formula is C13H17N3O3S. The lowest BCUT2D eigenvalue weighted by Crippen LogP contribution is -2.26. The van der Waals surface area contributed by atoms with Gasteiger partial charge in [-0.3, -0.25) is 4.68 Å². The second-order valence-electron chi connectivity index (χ2n) is 4.40. The van der Waals surface area contributed by atoms with Crippen LogP contribution < -0.4 is 4.72 Å². The van der Waals surface area contributed by atoms with Crippen molar-refractivity contribution < 1.29 is 13.5 Å². The fraction of sp³-hybridized carbons (Fsp3) is 0.308. The van der Waals surface area contributed by atoms with Gasteiger partial charge in [0.15, 0.2) is 0 Å². The van der Waals surface area contributed by atoms with Crippen molar-refractivity contribution in [3.63, 3.8) is 0 Å². The maximum atomic E-state index is 12.1. The first-order chi connectivity index (χ1) is 9.53. The predicted octanol–water partition coefficient (Wildman–Crippen LogP) is 0.433.